The Kier molecular flexibility index (Phi) is 10.7. The van der Waals surface area contributed by atoms with Crippen molar-refractivity contribution in [3.8, 4) is 0 Å². The number of piperazine rings is 1. The lowest BCUT2D eigenvalue weighted by Gasteiger charge is -2.34. The molecule has 0 amide bonds. The first-order valence-electron chi connectivity index (χ1n) is 12.2. The Hall–Kier alpha value is -1.74. The number of hydrogen-bond acceptors (Lipinski definition) is 5. The summed E-state index contributed by atoms with van der Waals surface area (Å²) in [5, 5.41) is 6.86. The lowest BCUT2D eigenvalue weighted by atomic mass is 10.0. The minimum Gasteiger partial charge on any atom is -0.379 e. The number of hydrogen-bond donors (Lipinski definition) is 2. The molecular weight excluding hydrogens is 407 g/mol. The highest BCUT2D eigenvalue weighted by Gasteiger charge is 2.22. The highest BCUT2D eigenvalue weighted by molar-refractivity contribution is 5.79. The van der Waals surface area contributed by atoms with Crippen LogP contribution in [-0.2, 0) is 4.74 Å². The van der Waals surface area contributed by atoms with E-state index in [1.165, 1.54) is 51.3 Å². The number of morpholine rings is 1. The number of rotatable bonds is 10. The van der Waals surface area contributed by atoms with Gasteiger partial charge in [-0.2, -0.15) is 0 Å². The van der Waals surface area contributed by atoms with Crippen molar-refractivity contribution in [3.63, 3.8) is 0 Å². The molecule has 32 heavy (non-hydrogen) atoms. The summed E-state index contributed by atoms with van der Waals surface area (Å²) in [7, 11) is 2.20. The molecule has 2 N–H and O–H groups in total. The zero-order valence-electron chi connectivity index (χ0n) is 19.9. The van der Waals surface area contributed by atoms with Gasteiger partial charge in [-0.1, -0.05) is 12.1 Å². The maximum atomic E-state index is 13.5. The SMILES string of the molecule is CCNC(=NCC(c1ccc(F)cc1)N1CCOCC1)NCCCCN1CCN(C)CC1. The number of ether oxygens (including phenoxy) is 1. The van der Waals surface area contributed by atoms with Crippen LogP contribution in [0.1, 0.15) is 31.4 Å². The highest BCUT2D eigenvalue weighted by atomic mass is 19.1. The summed E-state index contributed by atoms with van der Waals surface area (Å²) in [6.07, 6.45) is 2.32. The standard InChI is InChI=1S/C24H41FN6O/c1-3-26-24(27-10-4-5-11-30-14-12-29(2)13-15-30)28-20-23(31-16-18-32-19-17-31)21-6-8-22(25)9-7-21/h6-9,23H,3-5,10-20H2,1-2H3,(H2,26,27,28). The first-order valence-corrected chi connectivity index (χ1v) is 12.2. The van der Waals surface area contributed by atoms with E-state index in [4.69, 9.17) is 9.73 Å². The minimum atomic E-state index is -0.204. The molecule has 2 fully saturated rings. The van der Waals surface area contributed by atoms with E-state index in [1.807, 2.05) is 12.1 Å². The van der Waals surface area contributed by atoms with Crippen LogP contribution in [0.3, 0.4) is 0 Å². The third-order valence-corrected chi connectivity index (χ3v) is 6.30. The summed E-state index contributed by atoms with van der Waals surface area (Å²) in [6.45, 7) is 13.5. The molecule has 8 heteroatoms. The molecule has 2 heterocycles. The van der Waals surface area contributed by atoms with Crippen LogP contribution in [0.4, 0.5) is 4.39 Å². The smallest absolute Gasteiger partial charge is 0.191 e. The molecule has 7 nitrogen and oxygen atoms in total. The predicted octanol–water partition coefficient (Wildman–Crippen LogP) is 1.78. The number of unbranched alkanes of at least 4 members (excludes halogenated alkanes) is 1. The molecule has 0 radical (unpaired) electrons. The van der Waals surface area contributed by atoms with Crippen LogP contribution in [-0.4, -0.2) is 106 Å². The van der Waals surface area contributed by atoms with Gasteiger partial charge in [0.15, 0.2) is 5.96 Å². The van der Waals surface area contributed by atoms with Crippen molar-refractivity contribution in [2.45, 2.75) is 25.8 Å². The van der Waals surface area contributed by atoms with E-state index in [0.29, 0.717) is 6.54 Å². The summed E-state index contributed by atoms with van der Waals surface area (Å²) >= 11 is 0. The second-order valence-electron chi connectivity index (χ2n) is 8.71. The van der Waals surface area contributed by atoms with Crippen LogP contribution in [0.15, 0.2) is 29.3 Å². The molecule has 1 unspecified atom stereocenters. The number of halogens is 1. The summed E-state index contributed by atoms with van der Waals surface area (Å²) in [5.41, 5.74) is 1.10. The third kappa shape index (κ3) is 8.31. The quantitative estimate of drug-likeness (QED) is 0.323. The van der Waals surface area contributed by atoms with Gasteiger partial charge in [0.1, 0.15) is 5.82 Å². The highest BCUT2D eigenvalue weighted by Crippen LogP contribution is 2.22. The number of likely N-dealkylation sites (N-methyl/N-ethyl adjacent to an activating group) is 1. The molecule has 1 atom stereocenters. The second-order valence-corrected chi connectivity index (χ2v) is 8.71. The van der Waals surface area contributed by atoms with Gasteiger partial charge in [-0.3, -0.25) is 9.89 Å². The maximum absolute atomic E-state index is 13.5. The Morgan fingerprint density at radius 3 is 2.44 bits per heavy atom. The lowest BCUT2D eigenvalue weighted by molar-refractivity contribution is 0.0179. The average molecular weight is 449 g/mol. The van der Waals surface area contributed by atoms with Crippen LogP contribution in [0.2, 0.25) is 0 Å². The molecular formula is C24H41FN6O. The fourth-order valence-electron chi connectivity index (χ4n) is 4.26. The molecule has 0 aromatic heterocycles. The number of benzene rings is 1. The summed E-state index contributed by atoms with van der Waals surface area (Å²) in [5.74, 6) is 0.650. The lowest BCUT2D eigenvalue weighted by Crippen LogP contribution is -2.44. The van der Waals surface area contributed by atoms with E-state index in [9.17, 15) is 4.39 Å². The van der Waals surface area contributed by atoms with Crippen molar-refractivity contribution < 1.29 is 9.13 Å². The summed E-state index contributed by atoms with van der Waals surface area (Å²) < 4.78 is 19.0. The van der Waals surface area contributed by atoms with Gasteiger partial charge in [0.25, 0.3) is 0 Å². The van der Waals surface area contributed by atoms with Gasteiger partial charge in [-0.25, -0.2) is 4.39 Å². The largest absolute Gasteiger partial charge is 0.379 e. The first-order chi connectivity index (χ1) is 15.7. The Balaban J connectivity index is 1.49. The van der Waals surface area contributed by atoms with Crippen molar-refractivity contribution in [2.24, 2.45) is 4.99 Å². The number of nitrogens with zero attached hydrogens (tertiary/aromatic N) is 4. The van der Waals surface area contributed by atoms with Crippen molar-refractivity contribution >= 4 is 5.96 Å². The molecule has 2 aliphatic rings. The fraction of sp³-hybridized carbons (Fsp3) is 0.708. The topological polar surface area (TPSA) is 55.4 Å². The van der Waals surface area contributed by atoms with E-state index in [0.717, 1.165) is 57.3 Å². The van der Waals surface area contributed by atoms with Crippen molar-refractivity contribution in [3.05, 3.63) is 35.6 Å². The molecule has 0 bridgehead atoms. The predicted molar refractivity (Wildman–Crippen MR) is 129 cm³/mol. The van der Waals surface area contributed by atoms with Crippen LogP contribution in [0.25, 0.3) is 0 Å². The Morgan fingerprint density at radius 2 is 1.75 bits per heavy atom. The van der Waals surface area contributed by atoms with Crippen molar-refractivity contribution in [1.29, 1.82) is 0 Å². The third-order valence-electron chi connectivity index (χ3n) is 6.30. The van der Waals surface area contributed by atoms with Gasteiger partial charge in [0.05, 0.1) is 25.8 Å². The molecule has 180 valence electrons. The Bertz CT molecular complexity index is 672. The molecule has 0 saturated carbocycles. The van der Waals surface area contributed by atoms with Crippen molar-refractivity contribution in [2.75, 3.05) is 85.7 Å². The Labute approximate surface area is 193 Å². The summed E-state index contributed by atoms with van der Waals surface area (Å²) in [6, 6.07) is 6.95. The number of guanidine groups is 1. The molecule has 3 rings (SSSR count). The van der Waals surface area contributed by atoms with Gasteiger partial charge in [-0.05, 0) is 51.1 Å². The minimum absolute atomic E-state index is 0.118. The van der Waals surface area contributed by atoms with E-state index < -0.39 is 0 Å². The van der Waals surface area contributed by atoms with Crippen LogP contribution >= 0.6 is 0 Å². The molecule has 0 aliphatic carbocycles. The monoisotopic (exact) mass is 448 g/mol. The summed E-state index contributed by atoms with van der Waals surface area (Å²) in [4.78, 5) is 12.2. The molecule has 2 aliphatic heterocycles. The van der Waals surface area contributed by atoms with Crippen LogP contribution in [0.5, 0.6) is 0 Å². The van der Waals surface area contributed by atoms with Gasteiger partial charge in [0, 0.05) is 52.4 Å². The molecule has 0 spiro atoms. The molecule has 1 aromatic rings. The van der Waals surface area contributed by atoms with Crippen LogP contribution in [0, 0.1) is 5.82 Å². The number of nitrogens with one attached hydrogen (secondary N) is 2. The zero-order chi connectivity index (χ0) is 22.6. The second kappa shape index (κ2) is 13.7. The first kappa shape index (κ1) is 24.9. The van der Waals surface area contributed by atoms with Crippen molar-refractivity contribution in [1.82, 2.24) is 25.3 Å². The fourth-order valence-corrected chi connectivity index (χ4v) is 4.26. The van der Waals surface area contributed by atoms with Gasteiger partial charge in [-0.15, -0.1) is 0 Å². The zero-order valence-corrected chi connectivity index (χ0v) is 19.9. The number of aliphatic imine (C=N–C) groups is 1. The van der Waals surface area contributed by atoms with E-state index in [-0.39, 0.29) is 11.9 Å². The van der Waals surface area contributed by atoms with Gasteiger partial charge in [0.2, 0.25) is 0 Å². The Morgan fingerprint density at radius 1 is 1.03 bits per heavy atom. The van der Waals surface area contributed by atoms with E-state index >= 15 is 0 Å². The molecule has 2 saturated heterocycles. The van der Waals surface area contributed by atoms with Gasteiger partial charge >= 0.3 is 0 Å². The van der Waals surface area contributed by atoms with E-state index in [1.54, 1.807) is 0 Å². The normalized spacial score (nSPS) is 20.3. The maximum Gasteiger partial charge on any atom is 0.191 e. The molecule has 1 aromatic carbocycles. The van der Waals surface area contributed by atoms with E-state index in [2.05, 4.69) is 39.3 Å². The van der Waals surface area contributed by atoms with Gasteiger partial charge < -0.3 is 25.2 Å². The average Bonchev–Trinajstić information content (AvgIpc) is 2.82. The van der Waals surface area contributed by atoms with Crippen LogP contribution < -0.4 is 10.6 Å².